The molecule has 0 radical (unpaired) electrons. The van der Waals surface area contributed by atoms with E-state index in [2.05, 4.69) is 5.32 Å². The van der Waals surface area contributed by atoms with Gasteiger partial charge in [-0.2, -0.15) is 0 Å². The first-order chi connectivity index (χ1) is 4.29. The lowest BCUT2D eigenvalue weighted by molar-refractivity contribution is 0.262. The van der Waals surface area contributed by atoms with Crippen LogP contribution in [0.3, 0.4) is 0 Å². The van der Waals surface area contributed by atoms with E-state index in [1.807, 2.05) is 24.3 Å². The number of allylic oxidation sites excluding steroid dienone is 2. The monoisotopic (exact) mass is 235 g/mol. The second-order valence-corrected chi connectivity index (χ2v) is 2.69. The maximum absolute atomic E-state index is 10.4. The molecule has 1 N–H and O–H groups in total. The number of carbonyl (C=O) groups excluding carboxylic acids is 1. The third kappa shape index (κ3) is 2.17. The van der Waals surface area contributed by atoms with Crippen LogP contribution in [0.25, 0.3) is 0 Å². The van der Waals surface area contributed by atoms with Gasteiger partial charge in [0.15, 0.2) is 0 Å². The highest BCUT2D eigenvalue weighted by atomic mass is 127. The summed E-state index contributed by atoms with van der Waals surface area (Å²) in [5.74, 6) is 0. The summed E-state index contributed by atoms with van der Waals surface area (Å²) in [5.41, 5.74) is 0. The maximum atomic E-state index is 10.4. The van der Waals surface area contributed by atoms with Crippen molar-refractivity contribution in [3.63, 3.8) is 0 Å². The van der Waals surface area contributed by atoms with E-state index < -0.39 is 0 Å². The number of carbonyl (C=O) groups is 1. The molecule has 0 aromatic carbocycles. The molecule has 0 saturated heterocycles. The van der Waals surface area contributed by atoms with Crippen molar-refractivity contribution < 1.29 is 4.79 Å². The highest BCUT2D eigenvalue weighted by Gasteiger charge is 2.03. The molecule has 1 aliphatic carbocycles. The molecule has 0 fully saturated rings. The largest absolute Gasteiger partial charge is 0.338 e. The summed E-state index contributed by atoms with van der Waals surface area (Å²) in [6.45, 7) is 0. The van der Waals surface area contributed by atoms with E-state index in [0.717, 1.165) is 0 Å². The molecule has 0 aromatic rings. The third-order valence-electron chi connectivity index (χ3n) is 1.03. The summed E-state index contributed by atoms with van der Waals surface area (Å²) >= 11 is 1.71. The summed E-state index contributed by atoms with van der Waals surface area (Å²) in [7, 11) is 0. The molecule has 0 aromatic heterocycles. The fourth-order valence-electron chi connectivity index (χ4n) is 0.659. The standard InChI is InChI=1S/C6H6INO/c7-6(9)8-5-3-1-2-4-5/h1-5H,(H,8,9). The Morgan fingerprint density at radius 1 is 1.44 bits per heavy atom. The van der Waals surface area contributed by atoms with Crippen molar-refractivity contribution in [3.05, 3.63) is 24.3 Å². The van der Waals surface area contributed by atoms with E-state index in [4.69, 9.17) is 0 Å². The molecule has 0 heterocycles. The smallest absolute Gasteiger partial charge is 0.281 e. The summed E-state index contributed by atoms with van der Waals surface area (Å²) in [6.07, 6.45) is 7.68. The molecular formula is C6H6INO. The van der Waals surface area contributed by atoms with Crippen LogP contribution in [-0.4, -0.2) is 9.96 Å². The summed E-state index contributed by atoms with van der Waals surface area (Å²) in [4.78, 5) is 10.4. The van der Waals surface area contributed by atoms with Crippen molar-refractivity contribution in [1.29, 1.82) is 0 Å². The highest BCUT2D eigenvalue weighted by Crippen LogP contribution is 2.00. The van der Waals surface area contributed by atoms with Crippen LogP contribution in [0.1, 0.15) is 0 Å². The normalized spacial score (nSPS) is 16.6. The number of amides is 1. The van der Waals surface area contributed by atoms with Crippen LogP contribution in [-0.2, 0) is 0 Å². The van der Waals surface area contributed by atoms with Gasteiger partial charge in [0.05, 0.1) is 6.04 Å². The molecule has 0 spiro atoms. The lowest BCUT2D eigenvalue weighted by Crippen LogP contribution is -2.25. The van der Waals surface area contributed by atoms with Gasteiger partial charge >= 0.3 is 0 Å². The fourth-order valence-corrected chi connectivity index (χ4v) is 1.02. The Balaban J connectivity index is 2.37. The second-order valence-electron chi connectivity index (χ2n) is 1.71. The Kier molecular flexibility index (Phi) is 2.27. The van der Waals surface area contributed by atoms with Crippen LogP contribution < -0.4 is 5.32 Å². The van der Waals surface area contributed by atoms with E-state index in [-0.39, 0.29) is 9.96 Å². The summed E-state index contributed by atoms with van der Waals surface area (Å²) < 4.78 is -0.0196. The molecule has 0 unspecified atom stereocenters. The molecule has 2 nitrogen and oxygen atoms in total. The lowest BCUT2D eigenvalue weighted by atomic mass is 10.3. The summed E-state index contributed by atoms with van der Waals surface area (Å²) in [5, 5.41) is 2.72. The number of hydrogen-bond acceptors (Lipinski definition) is 1. The van der Waals surface area contributed by atoms with Crippen molar-refractivity contribution in [2.24, 2.45) is 0 Å². The van der Waals surface area contributed by atoms with Gasteiger partial charge in [-0.05, 0) is 0 Å². The Hall–Kier alpha value is -0.320. The third-order valence-corrected chi connectivity index (χ3v) is 1.34. The average molecular weight is 235 g/mol. The molecule has 1 aliphatic rings. The molecule has 0 bridgehead atoms. The molecule has 1 rings (SSSR count). The first-order valence-electron chi connectivity index (χ1n) is 2.60. The summed E-state index contributed by atoms with van der Waals surface area (Å²) in [6, 6.07) is 0.120. The van der Waals surface area contributed by atoms with E-state index in [0.29, 0.717) is 0 Å². The Morgan fingerprint density at radius 2 is 2.00 bits per heavy atom. The van der Waals surface area contributed by atoms with Gasteiger partial charge in [0, 0.05) is 22.6 Å². The molecule has 0 atom stereocenters. The van der Waals surface area contributed by atoms with Gasteiger partial charge in [0.25, 0.3) is 3.91 Å². The van der Waals surface area contributed by atoms with Crippen LogP contribution in [0.15, 0.2) is 24.3 Å². The zero-order valence-corrected chi connectivity index (χ0v) is 6.83. The molecule has 9 heavy (non-hydrogen) atoms. The average Bonchev–Trinajstić information content (AvgIpc) is 2.15. The number of rotatable bonds is 1. The van der Waals surface area contributed by atoms with E-state index in [1.165, 1.54) is 0 Å². The van der Waals surface area contributed by atoms with E-state index in [1.54, 1.807) is 22.6 Å². The van der Waals surface area contributed by atoms with Gasteiger partial charge in [0.2, 0.25) is 0 Å². The molecule has 0 saturated carbocycles. The minimum absolute atomic E-state index is 0.0196. The van der Waals surface area contributed by atoms with Crippen molar-refractivity contribution in [1.82, 2.24) is 5.32 Å². The van der Waals surface area contributed by atoms with Gasteiger partial charge in [-0.3, -0.25) is 4.79 Å². The van der Waals surface area contributed by atoms with E-state index in [9.17, 15) is 4.79 Å². The zero-order chi connectivity index (χ0) is 6.69. The fraction of sp³-hybridized carbons (Fsp3) is 0.167. The maximum Gasteiger partial charge on any atom is 0.281 e. The van der Waals surface area contributed by atoms with Crippen LogP contribution in [0.4, 0.5) is 4.79 Å². The SMILES string of the molecule is O=C(I)NC1C=CC=C1. The van der Waals surface area contributed by atoms with Crippen LogP contribution in [0, 0.1) is 0 Å². The minimum atomic E-state index is -0.0196. The Morgan fingerprint density at radius 3 is 2.44 bits per heavy atom. The Bertz CT molecular complexity index is 162. The van der Waals surface area contributed by atoms with Gasteiger partial charge in [-0.15, -0.1) is 0 Å². The van der Waals surface area contributed by atoms with Crippen LogP contribution in [0.5, 0.6) is 0 Å². The van der Waals surface area contributed by atoms with Gasteiger partial charge in [-0.25, -0.2) is 0 Å². The lowest BCUT2D eigenvalue weighted by Gasteiger charge is -2.02. The highest BCUT2D eigenvalue weighted by molar-refractivity contribution is 14.1. The molecule has 3 heteroatoms. The first-order valence-corrected chi connectivity index (χ1v) is 3.68. The molecular weight excluding hydrogens is 229 g/mol. The van der Waals surface area contributed by atoms with Gasteiger partial charge < -0.3 is 5.32 Å². The Labute approximate surface area is 67.2 Å². The molecule has 48 valence electrons. The van der Waals surface area contributed by atoms with E-state index >= 15 is 0 Å². The predicted molar refractivity (Wildman–Crippen MR) is 44.6 cm³/mol. The number of nitrogens with one attached hydrogen (secondary N) is 1. The van der Waals surface area contributed by atoms with Crippen LogP contribution in [0.2, 0.25) is 0 Å². The predicted octanol–water partition coefficient (Wildman–Crippen LogP) is 1.63. The van der Waals surface area contributed by atoms with Crippen molar-refractivity contribution >= 4 is 26.5 Å². The second kappa shape index (κ2) is 3.00. The quantitative estimate of drug-likeness (QED) is 0.417. The van der Waals surface area contributed by atoms with Crippen molar-refractivity contribution in [3.8, 4) is 0 Å². The topological polar surface area (TPSA) is 29.1 Å². The molecule has 1 amide bonds. The first kappa shape index (κ1) is 6.80. The number of hydrogen-bond donors (Lipinski definition) is 1. The van der Waals surface area contributed by atoms with Gasteiger partial charge in [-0.1, -0.05) is 24.3 Å². The minimum Gasteiger partial charge on any atom is -0.338 e. The van der Waals surface area contributed by atoms with Crippen molar-refractivity contribution in [2.45, 2.75) is 6.04 Å². The number of halogens is 1. The van der Waals surface area contributed by atoms with Gasteiger partial charge in [0.1, 0.15) is 0 Å². The zero-order valence-electron chi connectivity index (χ0n) is 4.67. The molecule has 0 aliphatic heterocycles. The van der Waals surface area contributed by atoms with Crippen LogP contribution >= 0.6 is 22.6 Å². The van der Waals surface area contributed by atoms with Crippen molar-refractivity contribution in [2.75, 3.05) is 0 Å².